The van der Waals surface area contributed by atoms with E-state index >= 15 is 0 Å². The van der Waals surface area contributed by atoms with Crippen molar-refractivity contribution in [2.24, 2.45) is 0 Å². The van der Waals surface area contributed by atoms with E-state index in [0.717, 1.165) is 12.5 Å². The summed E-state index contributed by atoms with van der Waals surface area (Å²) in [5.41, 5.74) is 5.66. The van der Waals surface area contributed by atoms with Gasteiger partial charge in [-0.3, -0.25) is 0 Å². The average molecular weight is 194 g/mol. The summed E-state index contributed by atoms with van der Waals surface area (Å²) in [5.74, 6) is 1.53. The van der Waals surface area contributed by atoms with Gasteiger partial charge < -0.3 is 15.6 Å². The van der Waals surface area contributed by atoms with E-state index in [9.17, 15) is 0 Å². The molecule has 1 fully saturated rings. The van der Waals surface area contributed by atoms with Crippen LogP contribution in [0.5, 0.6) is 0 Å². The fourth-order valence-electron chi connectivity index (χ4n) is 2.05. The van der Waals surface area contributed by atoms with Gasteiger partial charge in [0.05, 0.1) is 0 Å². The first-order valence-electron chi connectivity index (χ1n) is 5.38. The molecule has 0 saturated heterocycles. The Hall–Kier alpha value is -1.19. The molecule has 0 spiro atoms. The van der Waals surface area contributed by atoms with Crippen LogP contribution >= 0.6 is 0 Å². The molecule has 0 atom stereocenters. The predicted octanol–water partition coefficient (Wildman–Crippen LogP) is 1.84. The molecule has 1 aliphatic carbocycles. The van der Waals surface area contributed by atoms with E-state index in [2.05, 4.69) is 21.8 Å². The summed E-state index contributed by atoms with van der Waals surface area (Å²) in [6.45, 7) is 3.01. The van der Waals surface area contributed by atoms with Crippen LogP contribution in [0, 0.1) is 0 Å². The van der Waals surface area contributed by atoms with E-state index < -0.39 is 0 Å². The molecule has 1 heterocycles. The molecular formula is C10H18N4. The van der Waals surface area contributed by atoms with Crippen LogP contribution in [0.3, 0.4) is 0 Å². The number of nitrogens with zero attached hydrogens (tertiary/aromatic N) is 2. The molecule has 1 aromatic heterocycles. The van der Waals surface area contributed by atoms with Gasteiger partial charge in [-0.25, -0.2) is 0 Å². The van der Waals surface area contributed by atoms with Crippen molar-refractivity contribution >= 4 is 11.8 Å². The van der Waals surface area contributed by atoms with Crippen LogP contribution in [0.4, 0.5) is 11.8 Å². The van der Waals surface area contributed by atoms with E-state index in [-0.39, 0.29) is 0 Å². The van der Waals surface area contributed by atoms with Gasteiger partial charge in [0.1, 0.15) is 5.82 Å². The molecule has 2 rings (SSSR count). The van der Waals surface area contributed by atoms with Crippen LogP contribution in [0.15, 0.2) is 6.20 Å². The molecule has 4 nitrogen and oxygen atoms in total. The lowest BCUT2D eigenvalue weighted by Crippen LogP contribution is -2.17. The van der Waals surface area contributed by atoms with Crippen molar-refractivity contribution in [1.29, 1.82) is 0 Å². The molecule has 0 aliphatic heterocycles. The molecule has 1 saturated carbocycles. The van der Waals surface area contributed by atoms with E-state index in [0.29, 0.717) is 11.9 Å². The van der Waals surface area contributed by atoms with Gasteiger partial charge in [0.15, 0.2) is 0 Å². The van der Waals surface area contributed by atoms with E-state index in [1.165, 1.54) is 25.7 Å². The van der Waals surface area contributed by atoms with Crippen molar-refractivity contribution in [3.8, 4) is 0 Å². The molecule has 3 N–H and O–H groups in total. The third kappa shape index (κ3) is 1.84. The number of nitrogens with one attached hydrogen (secondary N) is 1. The molecule has 0 aromatic carbocycles. The molecule has 1 aromatic rings. The number of aromatic nitrogens is 2. The molecule has 78 valence electrons. The van der Waals surface area contributed by atoms with Crippen molar-refractivity contribution in [2.75, 3.05) is 11.1 Å². The Morgan fingerprint density at radius 3 is 2.93 bits per heavy atom. The highest BCUT2D eigenvalue weighted by molar-refractivity contribution is 5.39. The Morgan fingerprint density at radius 1 is 1.57 bits per heavy atom. The number of hydrogen-bond donors (Lipinski definition) is 2. The standard InChI is InChI=1S/C10H18N4/c1-2-14-7-9(11)13-10(14)12-8-5-3-4-6-8/h7-8H,2-6,11H2,1H3,(H,12,13). The van der Waals surface area contributed by atoms with Gasteiger partial charge in [-0.15, -0.1) is 0 Å². The van der Waals surface area contributed by atoms with Crippen LogP contribution in [-0.2, 0) is 6.54 Å². The average Bonchev–Trinajstić information content (AvgIpc) is 2.76. The van der Waals surface area contributed by atoms with Gasteiger partial charge in [-0.1, -0.05) is 12.8 Å². The van der Waals surface area contributed by atoms with Crippen molar-refractivity contribution in [3.05, 3.63) is 6.20 Å². The third-order valence-electron chi connectivity index (χ3n) is 2.82. The zero-order valence-corrected chi connectivity index (χ0v) is 8.66. The summed E-state index contributed by atoms with van der Waals surface area (Å²) in [4.78, 5) is 4.27. The predicted molar refractivity (Wildman–Crippen MR) is 58.2 cm³/mol. The largest absolute Gasteiger partial charge is 0.382 e. The molecule has 0 radical (unpaired) electrons. The van der Waals surface area contributed by atoms with Crippen molar-refractivity contribution in [2.45, 2.75) is 45.2 Å². The number of nitrogen functional groups attached to an aromatic ring is 1. The summed E-state index contributed by atoms with van der Waals surface area (Å²) >= 11 is 0. The molecule has 0 unspecified atom stereocenters. The Bertz CT molecular complexity index is 299. The minimum absolute atomic E-state index is 0.599. The van der Waals surface area contributed by atoms with Crippen LogP contribution < -0.4 is 11.1 Å². The van der Waals surface area contributed by atoms with Crippen molar-refractivity contribution in [1.82, 2.24) is 9.55 Å². The topological polar surface area (TPSA) is 55.9 Å². The van der Waals surface area contributed by atoms with Gasteiger partial charge in [-0.05, 0) is 19.8 Å². The zero-order chi connectivity index (χ0) is 9.97. The second-order valence-electron chi connectivity index (χ2n) is 3.90. The minimum atomic E-state index is 0.599. The van der Waals surface area contributed by atoms with Crippen LogP contribution in [0.2, 0.25) is 0 Å². The highest BCUT2D eigenvalue weighted by atomic mass is 15.2. The lowest BCUT2D eigenvalue weighted by Gasteiger charge is -2.13. The summed E-state index contributed by atoms with van der Waals surface area (Å²) in [6, 6.07) is 0.599. The number of rotatable bonds is 3. The molecule has 0 amide bonds. The van der Waals surface area contributed by atoms with E-state index in [1.807, 2.05) is 6.20 Å². The Kier molecular flexibility index (Phi) is 2.61. The monoisotopic (exact) mass is 194 g/mol. The first kappa shape index (κ1) is 9.37. The van der Waals surface area contributed by atoms with Crippen LogP contribution in [0.1, 0.15) is 32.6 Å². The number of aryl methyl sites for hydroxylation is 1. The third-order valence-corrected chi connectivity index (χ3v) is 2.82. The SMILES string of the molecule is CCn1cc(N)nc1NC1CCCC1. The first-order chi connectivity index (χ1) is 6.79. The quantitative estimate of drug-likeness (QED) is 0.772. The molecule has 0 bridgehead atoms. The highest BCUT2D eigenvalue weighted by Gasteiger charge is 2.16. The number of anilines is 2. The zero-order valence-electron chi connectivity index (χ0n) is 8.66. The van der Waals surface area contributed by atoms with Gasteiger partial charge in [0.25, 0.3) is 0 Å². The smallest absolute Gasteiger partial charge is 0.205 e. The summed E-state index contributed by atoms with van der Waals surface area (Å²) in [6.07, 6.45) is 7.07. The molecular weight excluding hydrogens is 176 g/mol. The molecule has 4 heteroatoms. The van der Waals surface area contributed by atoms with E-state index in [4.69, 9.17) is 5.73 Å². The van der Waals surface area contributed by atoms with E-state index in [1.54, 1.807) is 0 Å². The number of imidazole rings is 1. The second kappa shape index (κ2) is 3.90. The Balaban J connectivity index is 2.06. The molecule has 14 heavy (non-hydrogen) atoms. The lowest BCUT2D eigenvalue weighted by molar-refractivity contribution is 0.706. The Labute approximate surface area is 84.5 Å². The van der Waals surface area contributed by atoms with Gasteiger partial charge >= 0.3 is 0 Å². The minimum Gasteiger partial charge on any atom is -0.382 e. The number of hydrogen-bond acceptors (Lipinski definition) is 3. The fourth-order valence-corrected chi connectivity index (χ4v) is 2.05. The van der Waals surface area contributed by atoms with Crippen molar-refractivity contribution in [3.63, 3.8) is 0 Å². The van der Waals surface area contributed by atoms with Crippen LogP contribution in [-0.4, -0.2) is 15.6 Å². The summed E-state index contributed by atoms with van der Waals surface area (Å²) in [7, 11) is 0. The highest BCUT2D eigenvalue weighted by Crippen LogP contribution is 2.22. The maximum absolute atomic E-state index is 5.66. The normalized spacial score (nSPS) is 17.5. The van der Waals surface area contributed by atoms with Gasteiger partial charge in [0, 0.05) is 18.8 Å². The fraction of sp³-hybridized carbons (Fsp3) is 0.700. The van der Waals surface area contributed by atoms with Gasteiger partial charge in [-0.2, -0.15) is 4.98 Å². The van der Waals surface area contributed by atoms with Gasteiger partial charge in [0.2, 0.25) is 5.95 Å². The lowest BCUT2D eigenvalue weighted by atomic mass is 10.2. The summed E-state index contributed by atoms with van der Waals surface area (Å²) in [5, 5.41) is 3.45. The second-order valence-corrected chi connectivity index (χ2v) is 3.90. The van der Waals surface area contributed by atoms with Crippen LogP contribution in [0.25, 0.3) is 0 Å². The first-order valence-corrected chi connectivity index (χ1v) is 5.38. The Morgan fingerprint density at radius 2 is 2.29 bits per heavy atom. The maximum atomic E-state index is 5.66. The molecule has 1 aliphatic rings. The summed E-state index contributed by atoms with van der Waals surface area (Å²) < 4.78 is 2.06. The maximum Gasteiger partial charge on any atom is 0.205 e. The number of nitrogens with two attached hydrogens (primary N) is 1. The van der Waals surface area contributed by atoms with Crippen molar-refractivity contribution < 1.29 is 0 Å².